The number of hydrogen-bond donors (Lipinski definition) is 1. The molecule has 2 rings (SSSR count). The standard InChI is InChI=1S/C16H22FN3/c1-12(2)20-6-5-14(11-20)9-19-10-15-4-3-13(8-18)7-16(15)17/h3-4,7,12,14,19H,5-6,9-11H2,1-2H3. The van der Waals surface area contributed by atoms with Crippen molar-refractivity contribution in [3.63, 3.8) is 0 Å². The lowest BCUT2D eigenvalue weighted by atomic mass is 10.1. The molecule has 4 heteroatoms. The van der Waals surface area contributed by atoms with E-state index in [1.807, 2.05) is 6.07 Å². The van der Waals surface area contributed by atoms with Crippen molar-refractivity contribution >= 4 is 0 Å². The summed E-state index contributed by atoms with van der Waals surface area (Å²) in [5, 5.41) is 12.0. The van der Waals surface area contributed by atoms with E-state index < -0.39 is 0 Å². The Labute approximate surface area is 120 Å². The number of halogens is 1. The summed E-state index contributed by atoms with van der Waals surface area (Å²) < 4.78 is 13.7. The summed E-state index contributed by atoms with van der Waals surface area (Å²) in [7, 11) is 0. The first-order chi connectivity index (χ1) is 9.60. The third kappa shape index (κ3) is 3.78. The molecule has 0 saturated carbocycles. The minimum absolute atomic E-state index is 0.299. The van der Waals surface area contributed by atoms with Gasteiger partial charge in [-0.2, -0.15) is 5.26 Å². The molecule has 1 aliphatic rings. The normalized spacial score (nSPS) is 19.4. The van der Waals surface area contributed by atoms with E-state index in [-0.39, 0.29) is 5.82 Å². The zero-order valence-electron chi connectivity index (χ0n) is 12.2. The fraction of sp³-hybridized carbons (Fsp3) is 0.562. The molecule has 0 aliphatic carbocycles. The van der Waals surface area contributed by atoms with Crippen LogP contribution in [0.2, 0.25) is 0 Å². The third-order valence-electron chi connectivity index (χ3n) is 3.98. The molecular formula is C16H22FN3. The highest BCUT2D eigenvalue weighted by molar-refractivity contribution is 5.32. The number of rotatable bonds is 5. The van der Waals surface area contributed by atoms with Crippen LogP contribution in [0.3, 0.4) is 0 Å². The fourth-order valence-corrected chi connectivity index (χ4v) is 2.67. The van der Waals surface area contributed by atoms with E-state index >= 15 is 0 Å². The van der Waals surface area contributed by atoms with Crippen LogP contribution in [-0.4, -0.2) is 30.6 Å². The molecule has 1 unspecified atom stereocenters. The molecule has 1 saturated heterocycles. The second kappa shape index (κ2) is 6.83. The highest BCUT2D eigenvalue weighted by Gasteiger charge is 2.23. The molecule has 0 bridgehead atoms. The first-order valence-corrected chi connectivity index (χ1v) is 7.23. The third-order valence-corrected chi connectivity index (χ3v) is 3.98. The molecule has 108 valence electrons. The number of nitriles is 1. The number of likely N-dealkylation sites (tertiary alicyclic amines) is 1. The van der Waals surface area contributed by atoms with Gasteiger partial charge in [-0.3, -0.25) is 0 Å². The summed E-state index contributed by atoms with van der Waals surface area (Å²) in [6.45, 7) is 8.18. The molecule has 0 aromatic heterocycles. The molecule has 1 atom stereocenters. The quantitative estimate of drug-likeness (QED) is 0.897. The zero-order chi connectivity index (χ0) is 14.5. The molecule has 1 heterocycles. The maximum Gasteiger partial charge on any atom is 0.129 e. The Balaban J connectivity index is 1.78. The molecule has 3 nitrogen and oxygen atoms in total. The Bertz CT molecular complexity index is 493. The van der Waals surface area contributed by atoms with E-state index in [0.717, 1.165) is 19.6 Å². The van der Waals surface area contributed by atoms with Crippen LogP contribution in [0.4, 0.5) is 4.39 Å². The molecule has 1 fully saturated rings. The van der Waals surface area contributed by atoms with E-state index in [1.54, 1.807) is 12.1 Å². The van der Waals surface area contributed by atoms with Crippen molar-refractivity contribution in [1.82, 2.24) is 10.2 Å². The van der Waals surface area contributed by atoms with E-state index in [9.17, 15) is 4.39 Å². The van der Waals surface area contributed by atoms with Crippen molar-refractivity contribution in [3.8, 4) is 6.07 Å². The molecule has 1 N–H and O–H groups in total. The summed E-state index contributed by atoms with van der Waals surface area (Å²) in [5.74, 6) is 0.352. The molecule has 1 aliphatic heterocycles. The number of hydrogen-bond acceptors (Lipinski definition) is 3. The monoisotopic (exact) mass is 275 g/mol. The Morgan fingerprint density at radius 3 is 2.90 bits per heavy atom. The Hall–Kier alpha value is -1.44. The molecule has 0 amide bonds. The highest BCUT2D eigenvalue weighted by atomic mass is 19.1. The topological polar surface area (TPSA) is 39.1 Å². The SMILES string of the molecule is CC(C)N1CCC(CNCc2ccc(C#N)cc2F)C1. The van der Waals surface area contributed by atoms with Gasteiger partial charge in [-0.1, -0.05) is 6.07 Å². The van der Waals surface area contributed by atoms with E-state index in [0.29, 0.717) is 29.6 Å². The van der Waals surface area contributed by atoms with Gasteiger partial charge in [0.25, 0.3) is 0 Å². The van der Waals surface area contributed by atoms with Gasteiger partial charge in [0.2, 0.25) is 0 Å². The number of benzene rings is 1. The van der Waals surface area contributed by atoms with Crippen LogP contribution in [0.1, 0.15) is 31.4 Å². The summed E-state index contributed by atoms with van der Waals surface area (Å²) in [6.07, 6.45) is 1.21. The Morgan fingerprint density at radius 1 is 1.50 bits per heavy atom. The first-order valence-electron chi connectivity index (χ1n) is 7.23. The number of nitrogens with zero attached hydrogens (tertiary/aromatic N) is 2. The van der Waals surface area contributed by atoms with Crippen molar-refractivity contribution in [3.05, 3.63) is 35.1 Å². The van der Waals surface area contributed by atoms with Gasteiger partial charge in [0.05, 0.1) is 11.6 Å². The van der Waals surface area contributed by atoms with Gasteiger partial charge in [0.1, 0.15) is 5.82 Å². The zero-order valence-corrected chi connectivity index (χ0v) is 12.2. The summed E-state index contributed by atoms with van der Waals surface area (Å²) >= 11 is 0. The lowest BCUT2D eigenvalue weighted by Gasteiger charge is -2.20. The molecule has 0 spiro atoms. The second-order valence-corrected chi connectivity index (χ2v) is 5.79. The van der Waals surface area contributed by atoms with Gasteiger partial charge in [-0.15, -0.1) is 0 Å². The molecule has 1 aromatic carbocycles. The summed E-state index contributed by atoms with van der Waals surface area (Å²) in [6, 6.07) is 7.20. The predicted octanol–water partition coefficient (Wildman–Crippen LogP) is 2.52. The largest absolute Gasteiger partial charge is 0.312 e. The smallest absolute Gasteiger partial charge is 0.129 e. The average molecular weight is 275 g/mol. The van der Waals surface area contributed by atoms with Crippen molar-refractivity contribution in [1.29, 1.82) is 5.26 Å². The summed E-state index contributed by atoms with van der Waals surface area (Å²) in [4.78, 5) is 2.48. The van der Waals surface area contributed by atoms with Gasteiger partial charge in [-0.05, 0) is 51.4 Å². The molecule has 1 aromatic rings. The minimum Gasteiger partial charge on any atom is -0.312 e. The van der Waals surface area contributed by atoms with Crippen molar-refractivity contribution in [2.75, 3.05) is 19.6 Å². The van der Waals surface area contributed by atoms with Gasteiger partial charge in [-0.25, -0.2) is 4.39 Å². The van der Waals surface area contributed by atoms with Crippen LogP contribution in [0.15, 0.2) is 18.2 Å². The minimum atomic E-state index is -0.299. The number of nitrogens with one attached hydrogen (secondary N) is 1. The molecular weight excluding hydrogens is 253 g/mol. The van der Waals surface area contributed by atoms with Crippen LogP contribution in [0.5, 0.6) is 0 Å². The van der Waals surface area contributed by atoms with Crippen LogP contribution in [0, 0.1) is 23.1 Å². The van der Waals surface area contributed by atoms with Crippen LogP contribution >= 0.6 is 0 Å². The van der Waals surface area contributed by atoms with E-state index in [4.69, 9.17) is 5.26 Å². The maximum absolute atomic E-state index is 13.7. The molecule has 20 heavy (non-hydrogen) atoms. The van der Waals surface area contributed by atoms with Crippen LogP contribution < -0.4 is 5.32 Å². The average Bonchev–Trinajstić information content (AvgIpc) is 2.89. The molecule has 0 radical (unpaired) electrons. The van der Waals surface area contributed by atoms with Gasteiger partial charge in [0.15, 0.2) is 0 Å². The lowest BCUT2D eigenvalue weighted by molar-refractivity contribution is 0.264. The second-order valence-electron chi connectivity index (χ2n) is 5.79. The van der Waals surface area contributed by atoms with Crippen molar-refractivity contribution in [2.24, 2.45) is 5.92 Å². The summed E-state index contributed by atoms with van der Waals surface area (Å²) in [5.41, 5.74) is 0.998. The Kier molecular flexibility index (Phi) is 5.11. The fourth-order valence-electron chi connectivity index (χ4n) is 2.67. The van der Waals surface area contributed by atoms with Crippen LogP contribution in [0.25, 0.3) is 0 Å². The first kappa shape index (κ1) is 15.0. The van der Waals surface area contributed by atoms with E-state index in [2.05, 4.69) is 24.1 Å². The van der Waals surface area contributed by atoms with E-state index in [1.165, 1.54) is 12.5 Å². The van der Waals surface area contributed by atoms with Crippen molar-refractivity contribution < 1.29 is 4.39 Å². The van der Waals surface area contributed by atoms with Gasteiger partial charge < -0.3 is 10.2 Å². The van der Waals surface area contributed by atoms with Gasteiger partial charge >= 0.3 is 0 Å². The highest BCUT2D eigenvalue weighted by Crippen LogP contribution is 2.18. The Morgan fingerprint density at radius 2 is 2.30 bits per heavy atom. The maximum atomic E-state index is 13.7. The van der Waals surface area contributed by atoms with Crippen molar-refractivity contribution in [2.45, 2.75) is 32.9 Å². The lowest BCUT2D eigenvalue weighted by Crippen LogP contribution is -2.30. The van der Waals surface area contributed by atoms with Crippen LogP contribution in [-0.2, 0) is 6.54 Å². The van der Waals surface area contributed by atoms with Gasteiger partial charge in [0, 0.05) is 24.7 Å². The predicted molar refractivity (Wildman–Crippen MR) is 77.6 cm³/mol.